The minimum Gasteiger partial charge on any atom is -0.375 e. The number of alkyl halides is 1. The van der Waals surface area contributed by atoms with E-state index in [1.54, 1.807) is 18.3 Å². The van der Waals surface area contributed by atoms with Crippen LogP contribution in [0.25, 0.3) is 11.0 Å². The third-order valence-electron chi connectivity index (χ3n) is 4.98. The largest absolute Gasteiger partial charge is 0.375 e. The Morgan fingerprint density at radius 2 is 2.00 bits per heavy atom. The molecule has 8 heteroatoms. The number of H-pyrrole nitrogens is 1. The lowest BCUT2D eigenvalue weighted by atomic mass is 9.93. The summed E-state index contributed by atoms with van der Waals surface area (Å²) in [7, 11) is 0. The fraction of sp³-hybridized carbons (Fsp3) is 0.421. The Bertz CT molecular complexity index is 894. The molecule has 27 heavy (non-hydrogen) atoms. The van der Waals surface area contributed by atoms with E-state index in [-0.39, 0.29) is 24.3 Å². The quantitative estimate of drug-likeness (QED) is 0.684. The van der Waals surface area contributed by atoms with Gasteiger partial charge in [-0.3, -0.25) is 5.10 Å². The van der Waals surface area contributed by atoms with Gasteiger partial charge in [0.1, 0.15) is 18.0 Å². The van der Waals surface area contributed by atoms with Crippen LogP contribution >= 0.6 is 0 Å². The van der Waals surface area contributed by atoms with Gasteiger partial charge in [0.2, 0.25) is 0 Å². The minimum absolute atomic E-state index is 0.00702. The standard InChI is InChI=1S/C19H21F2N5O/c20-16-4-2-1-3-14(16)17(21)10-27-13-7-5-12(6-8-13)25-18-15-9-24-26-19(15)23-11-22-18/h1-4,9,11-13,17H,5-8,10H2,(H2,22,23,24,25,26)/t12-,13-,17-/m0/s1. The lowest BCUT2D eigenvalue weighted by molar-refractivity contribution is -0.00313. The molecule has 2 heterocycles. The molecule has 142 valence electrons. The second kappa shape index (κ2) is 7.96. The smallest absolute Gasteiger partial charge is 0.160 e. The molecule has 0 bridgehead atoms. The molecule has 0 radical (unpaired) electrons. The number of aromatic nitrogens is 4. The predicted molar refractivity (Wildman–Crippen MR) is 97.6 cm³/mol. The van der Waals surface area contributed by atoms with Crippen molar-refractivity contribution in [2.45, 2.75) is 44.0 Å². The summed E-state index contributed by atoms with van der Waals surface area (Å²) in [6.07, 6.45) is 5.18. The molecule has 2 aromatic heterocycles. The Morgan fingerprint density at radius 3 is 2.81 bits per heavy atom. The van der Waals surface area contributed by atoms with Gasteiger partial charge in [-0.05, 0) is 31.7 Å². The molecule has 1 aromatic carbocycles. The number of benzene rings is 1. The van der Waals surface area contributed by atoms with Crippen LogP contribution < -0.4 is 5.32 Å². The van der Waals surface area contributed by atoms with E-state index in [4.69, 9.17) is 4.74 Å². The zero-order valence-electron chi connectivity index (χ0n) is 14.7. The maximum absolute atomic E-state index is 14.2. The van der Waals surface area contributed by atoms with E-state index >= 15 is 0 Å². The number of nitrogens with zero attached hydrogens (tertiary/aromatic N) is 3. The molecule has 0 spiro atoms. The molecular weight excluding hydrogens is 352 g/mol. The van der Waals surface area contributed by atoms with Crippen molar-refractivity contribution in [3.63, 3.8) is 0 Å². The third-order valence-corrected chi connectivity index (χ3v) is 4.98. The van der Waals surface area contributed by atoms with Crippen LogP contribution in [0.15, 0.2) is 36.8 Å². The Labute approximate surface area is 155 Å². The number of ether oxygens (including phenoxy) is 1. The van der Waals surface area contributed by atoms with Crippen molar-refractivity contribution in [1.29, 1.82) is 0 Å². The molecule has 1 fully saturated rings. The highest BCUT2D eigenvalue weighted by Crippen LogP contribution is 2.28. The molecule has 1 aliphatic rings. The highest BCUT2D eigenvalue weighted by molar-refractivity contribution is 5.85. The maximum atomic E-state index is 14.2. The van der Waals surface area contributed by atoms with Crippen LogP contribution in [-0.4, -0.2) is 38.9 Å². The van der Waals surface area contributed by atoms with Crippen molar-refractivity contribution in [3.8, 4) is 0 Å². The van der Waals surface area contributed by atoms with E-state index < -0.39 is 12.0 Å². The molecular formula is C19H21F2N5O. The molecule has 0 unspecified atom stereocenters. The van der Waals surface area contributed by atoms with Gasteiger partial charge in [0.15, 0.2) is 11.8 Å². The summed E-state index contributed by atoms with van der Waals surface area (Å²) in [4.78, 5) is 8.42. The van der Waals surface area contributed by atoms with Gasteiger partial charge < -0.3 is 10.1 Å². The van der Waals surface area contributed by atoms with Crippen molar-refractivity contribution in [1.82, 2.24) is 20.2 Å². The van der Waals surface area contributed by atoms with Gasteiger partial charge in [-0.25, -0.2) is 18.7 Å². The number of rotatable bonds is 6. The van der Waals surface area contributed by atoms with E-state index in [0.29, 0.717) is 5.65 Å². The first-order chi connectivity index (χ1) is 13.2. The Kier molecular flexibility index (Phi) is 5.24. The molecule has 0 amide bonds. The van der Waals surface area contributed by atoms with Crippen molar-refractivity contribution in [3.05, 3.63) is 48.2 Å². The van der Waals surface area contributed by atoms with E-state index in [0.717, 1.165) is 36.9 Å². The first-order valence-corrected chi connectivity index (χ1v) is 9.11. The van der Waals surface area contributed by atoms with Gasteiger partial charge in [-0.15, -0.1) is 0 Å². The number of nitrogens with one attached hydrogen (secondary N) is 2. The SMILES string of the molecule is Fc1ccccc1[C@@H](F)CO[C@H]1CC[C@H](Nc2ncnc3[nH]ncc23)CC1. The van der Waals surface area contributed by atoms with E-state index in [1.165, 1.54) is 18.5 Å². The van der Waals surface area contributed by atoms with Gasteiger partial charge in [0.05, 0.1) is 24.3 Å². The second-order valence-corrected chi connectivity index (χ2v) is 6.79. The summed E-state index contributed by atoms with van der Waals surface area (Å²) in [5.41, 5.74) is 0.757. The molecule has 3 aromatic rings. The van der Waals surface area contributed by atoms with Crippen LogP contribution in [0.2, 0.25) is 0 Å². The van der Waals surface area contributed by atoms with Crippen molar-refractivity contribution >= 4 is 16.9 Å². The van der Waals surface area contributed by atoms with Crippen LogP contribution in [0.4, 0.5) is 14.6 Å². The first kappa shape index (κ1) is 17.8. The Balaban J connectivity index is 1.27. The number of hydrogen-bond acceptors (Lipinski definition) is 5. The number of anilines is 1. The average molecular weight is 373 g/mol. The normalized spacial score (nSPS) is 21.3. The molecule has 1 saturated carbocycles. The van der Waals surface area contributed by atoms with Gasteiger partial charge in [-0.1, -0.05) is 18.2 Å². The molecule has 0 aliphatic heterocycles. The predicted octanol–water partition coefficient (Wildman–Crippen LogP) is 3.94. The van der Waals surface area contributed by atoms with Crippen LogP contribution in [0.5, 0.6) is 0 Å². The lowest BCUT2D eigenvalue weighted by Crippen LogP contribution is -2.30. The maximum Gasteiger partial charge on any atom is 0.160 e. The monoisotopic (exact) mass is 373 g/mol. The van der Waals surface area contributed by atoms with Crippen LogP contribution in [0, 0.1) is 5.82 Å². The first-order valence-electron chi connectivity index (χ1n) is 9.11. The van der Waals surface area contributed by atoms with Gasteiger partial charge in [0.25, 0.3) is 0 Å². The molecule has 6 nitrogen and oxygen atoms in total. The zero-order valence-corrected chi connectivity index (χ0v) is 14.7. The van der Waals surface area contributed by atoms with Gasteiger partial charge >= 0.3 is 0 Å². The highest BCUT2D eigenvalue weighted by Gasteiger charge is 2.24. The van der Waals surface area contributed by atoms with E-state index in [2.05, 4.69) is 25.5 Å². The second-order valence-electron chi connectivity index (χ2n) is 6.79. The van der Waals surface area contributed by atoms with E-state index in [1.807, 2.05) is 0 Å². The van der Waals surface area contributed by atoms with E-state index in [9.17, 15) is 8.78 Å². The Morgan fingerprint density at radius 1 is 1.19 bits per heavy atom. The third kappa shape index (κ3) is 4.05. The molecule has 0 saturated heterocycles. The van der Waals surface area contributed by atoms with Crippen molar-refractivity contribution in [2.24, 2.45) is 0 Å². The van der Waals surface area contributed by atoms with Crippen LogP contribution in [0.3, 0.4) is 0 Å². The van der Waals surface area contributed by atoms with Crippen LogP contribution in [0.1, 0.15) is 37.4 Å². The fourth-order valence-corrected chi connectivity index (χ4v) is 3.49. The summed E-state index contributed by atoms with van der Waals surface area (Å²) < 4.78 is 33.6. The number of aromatic amines is 1. The summed E-state index contributed by atoms with van der Waals surface area (Å²) in [5.74, 6) is 0.235. The summed E-state index contributed by atoms with van der Waals surface area (Å²) in [6.45, 7) is -0.120. The number of fused-ring (bicyclic) bond motifs is 1. The molecule has 1 aliphatic carbocycles. The fourth-order valence-electron chi connectivity index (χ4n) is 3.49. The lowest BCUT2D eigenvalue weighted by Gasteiger charge is -2.30. The number of hydrogen-bond donors (Lipinski definition) is 2. The van der Waals surface area contributed by atoms with Crippen molar-refractivity contribution < 1.29 is 13.5 Å². The average Bonchev–Trinajstić information content (AvgIpc) is 3.17. The highest BCUT2D eigenvalue weighted by atomic mass is 19.1. The zero-order chi connectivity index (χ0) is 18.6. The number of halogens is 2. The summed E-state index contributed by atoms with van der Waals surface area (Å²) >= 11 is 0. The molecule has 1 atom stereocenters. The van der Waals surface area contributed by atoms with Crippen LogP contribution in [-0.2, 0) is 4.74 Å². The Hall–Kier alpha value is -2.61. The topological polar surface area (TPSA) is 75.7 Å². The van der Waals surface area contributed by atoms with Crippen molar-refractivity contribution in [2.75, 3.05) is 11.9 Å². The molecule has 4 rings (SSSR count). The minimum atomic E-state index is -1.45. The summed E-state index contributed by atoms with van der Waals surface area (Å²) in [6, 6.07) is 6.18. The summed E-state index contributed by atoms with van der Waals surface area (Å²) in [5, 5.41) is 11.1. The molecule has 2 N–H and O–H groups in total. The van der Waals surface area contributed by atoms with Gasteiger partial charge in [0, 0.05) is 11.6 Å². The van der Waals surface area contributed by atoms with Gasteiger partial charge in [-0.2, -0.15) is 5.10 Å².